The van der Waals surface area contributed by atoms with Crippen LogP contribution < -0.4 is 9.47 Å². The average Bonchev–Trinajstić information content (AvgIpc) is 1.62. The zero-order valence-electron chi connectivity index (χ0n) is 48.3. The normalized spacial score (nSPS) is 16.1. The van der Waals surface area contributed by atoms with Crippen LogP contribution in [0.1, 0.15) is 94.4 Å². The van der Waals surface area contributed by atoms with E-state index in [1.807, 2.05) is 27.7 Å². The summed E-state index contributed by atoms with van der Waals surface area (Å²) >= 11 is 11.5. The van der Waals surface area contributed by atoms with Crippen LogP contribution in [0.15, 0.2) is 109 Å². The highest BCUT2D eigenvalue weighted by atomic mass is 35.5. The molecule has 2 fully saturated rings. The zero-order chi connectivity index (χ0) is 64.5. The van der Waals surface area contributed by atoms with Crippen LogP contribution in [0.5, 0.6) is 11.8 Å². The number of carbonyl (C=O) groups excluding carboxylic acids is 2. The third-order valence-electron chi connectivity index (χ3n) is 16.1. The molecule has 13 nitrogen and oxygen atoms in total. The van der Waals surface area contributed by atoms with Crippen molar-refractivity contribution >= 4 is 57.2 Å². The van der Waals surface area contributed by atoms with Crippen LogP contribution in [0.4, 0.5) is 43.9 Å². The van der Waals surface area contributed by atoms with Gasteiger partial charge in [0.2, 0.25) is 11.8 Å². The van der Waals surface area contributed by atoms with Crippen LogP contribution >= 0.6 is 23.2 Å². The van der Waals surface area contributed by atoms with E-state index in [2.05, 4.69) is 19.9 Å². The topological polar surface area (TPSA) is 142 Å². The van der Waals surface area contributed by atoms with E-state index in [0.29, 0.717) is 0 Å². The summed E-state index contributed by atoms with van der Waals surface area (Å²) in [6.45, 7) is 6.79. The van der Waals surface area contributed by atoms with Crippen LogP contribution in [0.25, 0.3) is 44.6 Å². The standard InChI is InChI=1S/C66H48Cl2F10N6O7/c1-65(2)29-87-27-55(65)83-53-15-33(13-49(77)61(53)81-57(83)17-31-11-43(71)37(23-41(31)69)51-7-5-9-59(79-51)89-25-39-45(73)19-35(67)20-46(39)74)63(85)91-64(86)34-14-50(78)62-54(16-34)84(56-28-88-30-66(56,3)4)58(82-62)18-32-12-44(72)38(24-42(32)70)52-8-6-10-60(80-52)90-26-40-47(75)21-36(68)22-48(40)76/h5-16,19-24,55-56H,17-18,25-30H2,1-4H3. The van der Waals surface area contributed by atoms with Crippen LogP contribution in [0.3, 0.4) is 0 Å². The molecule has 6 aromatic carbocycles. The minimum atomic E-state index is -1.36. The highest BCUT2D eigenvalue weighted by Gasteiger charge is 2.41. The van der Waals surface area contributed by atoms with Gasteiger partial charge in [0.15, 0.2) is 11.6 Å². The number of fused-ring (bicyclic) bond motifs is 2. The number of carbonyl (C=O) groups is 2. The number of pyridine rings is 2. The minimum absolute atomic E-state index is 0.00499. The van der Waals surface area contributed by atoms with Gasteiger partial charge < -0.3 is 32.8 Å². The van der Waals surface area contributed by atoms with Crippen LogP contribution in [0.2, 0.25) is 10.0 Å². The van der Waals surface area contributed by atoms with E-state index in [-0.39, 0.29) is 116 Å². The molecule has 25 heteroatoms. The number of esters is 2. The molecule has 468 valence electrons. The molecule has 2 atom stereocenters. The van der Waals surface area contributed by atoms with Crippen molar-refractivity contribution < 1.29 is 77.2 Å². The van der Waals surface area contributed by atoms with E-state index < -0.39 is 141 Å². The summed E-state index contributed by atoms with van der Waals surface area (Å²) in [4.78, 5) is 45.6. The Kier molecular flexibility index (Phi) is 16.7. The van der Waals surface area contributed by atoms with Crippen molar-refractivity contribution in [2.45, 2.75) is 65.8 Å². The molecule has 2 unspecified atom stereocenters. The Bertz CT molecular complexity index is 4290. The molecule has 0 aliphatic carbocycles. The number of halogens is 12. The summed E-state index contributed by atoms with van der Waals surface area (Å²) in [5.74, 6) is -12.6. The number of nitrogens with zero attached hydrogens (tertiary/aromatic N) is 6. The second-order valence-corrected chi connectivity index (χ2v) is 24.2. The third-order valence-corrected chi connectivity index (χ3v) is 16.6. The molecule has 4 aromatic heterocycles. The molecular formula is C66H48Cl2F10N6O7. The van der Waals surface area contributed by atoms with Crippen molar-refractivity contribution in [1.29, 1.82) is 0 Å². The van der Waals surface area contributed by atoms with E-state index in [0.717, 1.165) is 60.7 Å². The largest absolute Gasteiger partial charge is 0.473 e. The van der Waals surface area contributed by atoms with E-state index in [4.69, 9.17) is 46.9 Å². The van der Waals surface area contributed by atoms with Gasteiger partial charge in [0.1, 0.15) is 82.4 Å². The lowest BCUT2D eigenvalue weighted by Crippen LogP contribution is -2.27. The molecule has 2 saturated heterocycles. The lowest BCUT2D eigenvalue weighted by atomic mass is 9.87. The lowest BCUT2D eigenvalue weighted by Gasteiger charge is -2.28. The second-order valence-electron chi connectivity index (χ2n) is 23.4. The van der Waals surface area contributed by atoms with Gasteiger partial charge in [0.05, 0.1) is 83.2 Å². The smallest absolute Gasteiger partial charge is 0.346 e. The number of hydrogen-bond acceptors (Lipinski definition) is 11. The predicted molar refractivity (Wildman–Crippen MR) is 313 cm³/mol. The van der Waals surface area contributed by atoms with Gasteiger partial charge in [0, 0.05) is 57.0 Å². The maximum Gasteiger partial charge on any atom is 0.346 e. The zero-order valence-corrected chi connectivity index (χ0v) is 49.8. The molecule has 6 heterocycles. The maximum atomic E-state index is 16.5. The first-order chi connectivity index (χ1) is 43.3. The monoisotopic (exact) mass is 1300 g/mol. The van der Waals surface area contributed by atoms with Crippen molar-refractivity contribution in [3.63, 3.8) is 0 Å². The van der Waals surface area contributed by atoms with Crippen molar-refractivity contribution in [2.24, 2.45) is 10.8 Å². The van der Waals surface area contributed by atoms with Gasteiger partial charge in [-0.15, -0.1) is 0 Å². The molecule has 0 amide bonds. The van der Waals surface area contributed by atoms with Crippen molar-refractivity contribution in [1.82, 2.24) is 29.1 Å². The quantitative estimate of drug-likeness (QED) is 0.0518. The van der Waals surface area contributed by atoms with Crippen molar-refractivity contribution in [3.8, 4) is 34.3 Å². The van der Waals surface area contributed by atoms with Crippen molar-refractivity contribution in [2.75, 3.05) is 26.4 Å². The Labute approximate surface area is 521 Å². The fraction of sp³-hybridized carbons (Fsp3) is 0.242. The van der Waals surface area contributed by atoms with Gasteiger partial charge in [-0.1, -0.05) is 63.0 Å². The Morgan fingerprint density at radius 2 is 0.879 bits per heavy atom. The molecule has 2 aliphatic heterocycles. The summed E-state index contributed by atoms with van der Waals surface area (Å²) in [5.41, 5.74) is -4.90. The Morgan fingerprint density at radius 3 is 1.24 bits per heavy atom. The van der Waals surface area contributed by atoms with Gasteiger partial charge in [-0.2, -0.15) is 0 Å². The van der Waals surface area contributed by atoms with Crippen LogP contribution in [-0.2, 0) is 40.3 Å². The molecule has 12 rings (SSSR count). The lowest BCUT2D eigenvalue weighted by molar-refractivity contribution is 0.0397. The Balaban J connectivity index is 0.811. The molecular weight excluding hydrogens is 1250 g/mol. The van der Waals surface area contributed by atoms with E-state index in [9.17, 15) is 27.2 Å². The first-order valence-electron chi connectivity index (χ1n) is 28.1. The SMILES string of the molecule is CC1(C)COCC1n1c(Cc2cc(F)c(-c3cccc(OCc4c(F)cc(Cl)cc4F)n3)cc2F)nc2c(F)cc(C(=O)OC(=O)c3cc(F)c4nc(Cc5cc(F)c(-c6cccc(OCc7c(F)cc(Cl)cc7F)n6)cc5F)n(C5COCC5(C)C)c4c3)cc21. The average molecular weight is 1300 g/mol. The van der Waals surface area contributed by atoms with Gasteiger partial charge in [-0.05, 0) is 96.1 Å². The maximum absolute atomic E-state index is 16.5. The predicted octanol–water partition coefficient (Wildman–Crippen LogP) is 15.7. The van der Waals surface area contributed by atoms with Crippen LogP contribution in [0, 0.1) is 69.0 Å². The van der Waals surface area contributed by atoms with Gasteiger partial charge in [-0.3, -0.25) is 0 Å². The first-order valence-corrected chi connectivity index (χ1v) is 28.8. The summed E-state index contributed by atoms with van der Waals surface area (Å²) in [6, 6.07) is 18.3. The number of rotatable bonds is 16. The molecule has 0 N–H and O–H groups in total. The summed E-state index contributed by atoms with van der Waals surface area (Å²) < 4.78 is 187. The third kappa shape index (κ3) is 12.3. The molecule has 2 aliphatic rings. The summed E-state index contributed by atoms with van der Waals surface area (Å²) in [5, 5.41) is -0.325. The van der Waals surface area contributed by atoms with Gasteiger partial charge in [0.25, 0.3) is 0 Å². The molecule has 0 bridgehead atoms. The highest BCUT2D eigenvalue weighted by Crippen LogP contribution is 2.44. The van der Waals surface area contributed by atoms with E-state index >= 15 is 26.3 Å². The van der Waals surface area contributed by atoms with E-state index in [1.54, 1.807) is 9.13 Å². The summed E-state index contributed by atoms with van der Waals surface area (Å²) in [6.07, 6.45) is -0.836. The molecule has 0 saturated carbocycles. The number of imidazole rings is 2. The molecule has 10 aromatic rings. The fourth-order valence-corrected chi connectivity index (χ4v) is 11.7. The Morgan fingerprint density at radius 1 is 0.495 bits per heavy atom. The number of hydrogen-bond donors (Lipinski definition) is 0. The first kappa shape index (κ1) is 62.3. The van der Waals surface area contributed by atoms with Gasteiger partial charge in [-0.25, -0.2) is 73.4 Å². The Hall–Kier alpha value is -8.90. The molecule has 0 radical (unpaired) electrons. The molecule has 0 spiro atoms. The second kappa shape index (κ2) is 24.4. The highest BCUT2D eigenvalue weighted by molar-refractivity contribution is 6.30. The van der Waals surface area contributed by atoms with Crippen molar-refractivity contribution in [3.05, 3.63) is 222 Å². The van der Waals surface area contributed by atoms with Crippen LogP contribution in [-0.4, -0.2) is 67.4 Å². The molecule has 91 heavy (non-hydrogen) atoms. The summed E-state index contributed by atoms with van der Waals surface area (Å²) in [7, 11) is 0. The van der Waals surface area contributed by atoms with Gasteiger partial charge >= 0.3 is 11.9 Å². The van der Waals surface area contributed by atoms with E-state index in [1.165, 1.54) is 48.5 Å². The number of benzene rings is 6. The number of ether oxygens (including phenoxy) is 5. The fourth-order valence-electron chi connectivity index (χ4n) is 11.3. The minimum Gasteiger partial charge on any atom is -0.473 e. The number of aromatic nitrogens is 6.